The van der Waals surface area contributed by atoms with E-state index in [1.165, 1.54) is 12.1 Å². The van der Waals surface area contributed by atoms with E-state index in [0.29, 0.717) is 58.5 Å². The van der Waals surface area contributed by atoms with Crippen LogP contribution in [0.4, 0.5) is 20.3 Å². The second-order valence-electron chi connectivity index (χ2n) is 12.4. The summed E-state index contributed by atoms with van der Waals surface area (Å²) in [4.78, 5) is 27.3. The Morgan fingerprint density at radius 3 is 2.95 bits per heavy atom. The number of alkyl halides is 1. The lowest BCUT2D eigenvalue weighted by Crippen LogP contribution is -2.43. The van der Waals surface area contributed by atoms with Crippen LogP contribution in [0, 0.1) is 5.82 Å². The number of ether oxygens (including phenoxy) is 1. The summed E-state index contributed by atoms with van der Waals surface area (Å²) in [6.45, 7) is 5.36. The molecule has 4 aliphatic heterocycles. The molecule has 4 aliphatic rings. The highest BCUT2D eigenvalue weighted by Crippen LogP contribution is 2.42. The van der Waals surface area contributed by atoms with Crippen LogP contribution in [0.1, 0.15) is 67.1 Å². The first-order valence-electron chi connectivity index (χ1n) is 15.5. The minimum Gasteiger partial charge on any atom is -0.508 e. The monoisotopic (exact) mass is 592 g/mol. The molecule has 9 nitrogen and oxygen atoms in total. The maximum absolute atomic E-state index is 14.9. The van der Waals surface area contributed by atoms with Crippen molar-refractivity contribution in [2.45, 2.75) is 76.2 Å². The Morgan fingerprint density at radius 1 is 1.21 bits per heavy atom. The molecule has 7 rings (SSSR count). The zero-order chi connectivity index (χ0) is 29.7. The van der Waals surface area contributed by atoms with Gasteiger partial charge in [-0.2, -0.15) is 9.97 Å². The number of aromatic hydroxyl groups is 1. The summed E-state index contributed by atoms with van der Waals surface area (Å²) < 4.78 is 35.6. The van der Waals surface area contributed by atoms with Crippen LogP contribution in [-0.4, -0.2) is 76.4 Å². The molecule has 3 saturated heterocycles. The number of amides is 1. The number of nitrogens with one attached hydrogen (secondary N) is 2. The third-order valence-corrected chi connectivity index (χ3v) is 9.65. The van der Waals surface area contributed by atoms with Crippen molar-refractivity contribution >= 4 is 28.2 Å². The standard InChI is InChI=1S/C32H38F2N6O3/c1-2-23-24(34)7-6-19-13-22(41)14-26(27(19)23)40-17-25-28(30(40)42)29(36-21-5-3-10-35-11-8-21)38-31(37-25)43-18-32-9-4-12-39(32)16-20(33)15-32/h6-7,13-14,20-21,35,41H,2-5,8-12,15-18H2,1H3,(H,36,37,38). The van der Waals surface area contributed by atoms with Gasteiger partial charge in [0, 0.05) is 30.5 Å². The van der Waals surface area contributed by atoms with Crippen molar-refractivity contribution in [1.29, 1.82) is 0 Å². The third-order valence-electron chi connectivity index (χ3n) is 9.65. The van der Waals surface area contributed by atoms with Crippen molar-refractivity contribution in [2.24, 2.45) is 0 Å². The molecule has 5 heterocycles. The summed E-state index contributed by atoms with van der Waals surface area (Å²) in [5.74, 6) is -0.261. The van der Waals surface area contributed by atoms with Crippen LogP contribution in [0.5, 0.6) is 11.8 Å². The van der Waals surface area contributed by atoms with Crippen molar-refractivity contribution in [3.63, 3.8) is 0 Å². The number of carbonyl (C=O) groups is 1. The smallest absolute Gasteiger partial charge is 0.318 e. The number of carbonyl (C=O) groups excluding carboxylic acids is 1. The summed E-state index contributed by atoms with van der Waals surface area (Å²) in [5.41, 5.74) is 1.43. The fourth-order valence-corrected chi connectivity index (χ4v) is 7.58. The third kappa shape index (κ3) is 5.06. The summed E-state index contributed by atoms with van der Waals surface area (Å²) in [7, 11) is 0. The number of hydrogen-bond acceptors (Lipinski definition) is 8. The quantitative estimate of drug-likeness (QED) is 0.363. The molecule has 2 aromatic carbocycles. The fourth-order valence-electron chi connectivity index (χ4n) is 7.58. The SMILES string of the molecule is CCc1c(F)ccc2cc(O)cc(N3Cc4nc(OCC56CCCN5CC(F)C6)nc(NC5CCCNCC5)c4C3=O)c12. The number of rotatable bonds is 7. The normalized spacial score (nSPS) is 25.7. The molecule has 3 atom stereocenters. The lowest BCUT2D eigenvalue weighted by molar-refractivity contribution is 0.0996. The Kier molecular flexibility index (Phi) is 7.33. The number of anilines is 2. The molecule has 3 N–H and O–H groups in total. The van der Waals surface area contributed by atoms with E-state index < -0.39 is 6.17 Å². The number of hydrogen-bond donors (Lipinski definition) is 3. The fraction of sp³-hybridized carbons (Fsp3) is 0.531. The van der Waals surface area contributed by atoms with Gasteiger partial charge in [0.05, 0.1) is 23.5 Å². The van der Waals surface area contributed by atoms with E-state index in [4.69, 9.17) is 14.7 Å². The van der Waals surface area contributed by atoms with Crippen LogP contribution < -0.4 is 20.3 Å². The minimum atomic E-state index is -0.868. The van der Waals surface area contributed by atoms with Gasteiger partial charge in [-0.3, -0.25) is 9.69 Å². The molecule has 3 aromatic rings. The Morgan fingerprint density at radius 2 is 2.09 bits per heavy atom. The Balaban J connectivity index is 1.26. The number of halogens is 2. The predicted molar refractivity (Wildman–Crippen MR) is 160 cm³/mol. The summed E-state index contributed by atoms with van der Waals surface area (Å²) in [6, 6.07) is 6.38. The van der Waals surface area contributed by atoms with Crippen LogP contribution in [0.25, 0.3) is 10.8 Å². The lowest BCUT2D eigenvalue weighted by atomic mass is 9.95. The topological polar surface area (TPSA) is 103 Å². The van der Waals surface area contributed by atoms with E-state index in [1.54, 1.807) is 17.0 Å². The van der Waals surface area contributed by atoms with Gasteiger partial charge in [0.25, 0.3) is 5.91 Å². The van der Waals surface area contributed by atoms with Gasteiger partial charge in [0.2, 0.25) is 0 Å². The summed E-state index contributed by atoms with van der Waals surface area (Å²) >= 11 is 0. The summed E-state index contributed by atoms with van der Waals surface area (Å²) in [6.07, 6.45) is 4.66. The van der Waals surface area contributed by atoms with Crippen LogP contribution >= 0.6 is 0 Å². The largest absolute Gasteiger partial charge is 0.508 e. The van der Waals surface area contributed by atoms with Crippen molar-refractivity contribution < 1.29 is 23.4 Å². The average molecular weight is 593 g/mol. The maximum Gasteiger partial charge on any atom is 0.318 e. The zero-order valence-corrected chi connectivity index (χ0v) is 24.5. The van der Waals surface area contributed by atoms with Crippen molar-refractivity contribution in [3.05, 3.63) is 46.9 Å². The number of fused-ring (bicyclic) bond motifs is 3. The number of aryl methyl sites for hydroxylation is 1. The van der Waals surface area contributed by atoms with E-state index in [-0.39, 0.29) is 48.2 Å². The molecule has 0 saturated carbocycles. The molecular formula is C32H38F2N6O3. The van der Waals surface area contributed by atoms with E-state index in [9.17, 15) is 18.7 Å². The molecule has 11 heteroatoms. The van der Waals surface area contributed by atoms with Crippen molar-refractivity contribution in [1.82, 2.24) is 20.2 Å². The minimum absolute atomic E-state index is 0.0116. The second kappa shape index (κ2) is 11.2. The molecule has 3 fully saturated rings. The van der Waals surface area contributed by atoms with E-state index >= 15 is 0 Å². The van der Waals surface area contributed by atoms with Gasteiger partial charge in [-0.15, -0.1) is 0 Å². The van der Waals surface area contributed by atoms with Crippen LogP contribution in [0.2, 0.25) is 0 Å². The first-order chi connectivity index (χ1) is 20.8. The first kappa shape index (κ1) is 28.2. The van der Waals surface area contributed by atoms with Gasteiger partial charge >= 0.3 is 6.01 Å². The zero-order valence-electron chi connectivity index (χ0n) is 24.5. The number of nitrogens with zero attached hydrogens (tertiary/aromatic N) is 4. The first-order valence-corrected chi connectivity index (χ1v) is 15.5. The van der Waals surface area contributed by atoms with Crippen LogP contribution in [0.15, 0.2) is 24.3 Å². The van der Waals surface area contributed by atoms with Gasteiger partial charge in [0.15, 0.2) is 0 Å². The Hall–Kier alpha value is -3.57. The van der Waals surface area contributed by atoms with Crippen molar-refractivity contribution in [3.8, 4) is 11.8 Å². The molecule has 0 radical (unpaired) electrons. The molecule has 3 unspecified atom stereocenters. The van der Waals surface area contributed by atoms with Gasteiger partial charge in [-0.05, 0) is 81.2 Å². The highest BCUT2D eigenvalue weighted by atomic mass is 19.1. The van der Waals surface area contributed by atoms with Crippen LogP contribution in [-0.2, 0) is 13.0 Å². The molecule has 0 aliphatic carbocycles. The summed E-state index contributed by atoms with van der Waals surface area (Å²) in [5, 5.41) is 18.8. The number of phenols is 1. The number of benzene rings is 2. The number of phenolic OH excluding ortho intramolecular Hbond substituents is 1. The highest BCUT2D eigenvalue weighted by molar-refractivity contribution is 6.16. The Labute approximate surface area is 249 Å². The molecule has 43 heavy (non-hydrogen) atoms. The van der Waals surface area contributed by atoms with Gasteiger partial charge < -0.3 is 25.4 Å². The lowest BCUT2D eigenvalue weighted by Gasteiger charge is -2.30. The van der Waals surface area contributed by atoms with Crippen molar-refractivity contribution in [2.75, 3.05) is 43.0 Å². The van der Waals surface area contributed by atoms with Gasteiger partial charge in [-0.25, -0.2) is 8.78 Å². The predicted octanol–water partition coefficient (Wildman–Crippen LogP) is 4.71. The second-order valence-corrected chi connectivity index (χ2v) is 12.4. The van der Waals surface area contributed by atoms with Gasteiger partial charge in [0.1, 0.15) is 35.7 Å². The molecule has 1 aromatic heterocycles. The number of aromatic nitrogens is 2. The Bertz CT molecular complexity index is 1560. The molecule has 0 bridgehead atoms. The van der Waals surface area contributed by atoms with E-state index in [2.05, 4.69) is 15.5 Å². The highest BCUT2D eigenvalue weighted by Gasteiger charge is 2.49. The van der Waals surface area contributed by atoms with E-state index in [0.717, 1.165) is 51.7 Å². The molecule has 0 spiro atoms. The van der Waals surface area contributed by atoms with Gasteiger partial charge in [-0.1, -0.05) is 13.0 Å². The molecule has 228 valence electrons. The van der Waals surface area contributed by atoms with E-state index in [1.807, 2.05) is 6.92 Å². The maximum atomic E-state index is 14.9. The van der Waals surface area contributed by atoms with Crippen LogP contribution in [0.3, 0.4) is 0 Å². The average Bonchev–Trinajstić information content (AvgIpc) is 3.54. The molecular weight excluding hydrogens is 554 g/mol. The molecule has 1 amide bonds.